The van der Waals surface area contributed by atoms with Crippen LogP contribution in [0.1, 0.15) is 23.2 Å². The standard InChI is InChI=1S/C14H17N3/c1-17-8-7-14(16-17)10-15-13-6-5-11-3-2-4-12(11)9-13/h5-9,15H,2-4,10H2,1H3. The predicted octanol–water partition coefficient (Wildman–Crippen LogP) is 2.52. The van der Waals surface area contributed by atoms with Crippen molar-refractivity contribution in [1.82, 2.24) is 9.78 Å². The summed E-state index contributed by atoms with van der Waals surface area (Å²) in [7, 11) is 1.94. The van der Waals surface area contributed by atoms with Gasteiger partial charge in [0.1, 0.15) is 0 Å². The first-order valence-electron chi connectivity index (χ1n) is 6.15. The fourth-order valence-corrected chi connectivity index (χ4v) is 2.43. The number of hydrogen-bond acceptors (Lipinski definition) is 2. The third-order valence-corrected chi connectivity index (χ3v) is 3.34. The fourth-order valence-electron chi connectivity index (χ4n) is 2.43. The summed E-state index contributed by atoms with van der Waals surface area (Å²) < 4.78 is 1.83. The molecule has 1 aliphatic carbocycles. The summed E-state index contributed by atoms with van der Waals surface area (Å²) in [5.74, 6) is 0. The Balaban J connectivity index is 1.69. The maximum atomic E-state index is 4.35. The summed E-state index contributed by atoms with van der Waals surface area (Å²) >= 11 is 0. The minimum Gasteiger partial charge on any atom is -0.379 e. The second-order valence-electron chi connectivity index (χ2n) is 4.67. The number of aryl methyl sites for hydroxylation is 3. The van der Waals surface area contributed by atoms with Crippen LogP contribution in [0.2, 0.25) is 0 Å². The van der Waals surface area contributed by atoms with E-state index in [1.807, 2.05) is 24.0 Å². The van der Waals surface area contributed by atoms with Crippen LogP contribution in [-0.2, 0) is 26.4 Å². The first-order valence-corrected chi connectivity index (χ1v) is 6.15. The molecule has 3 rings (SSSR count). The first-order chi connectivity index (χ1) is 8.31. The zero-order valence-corrected chi connectivity index (χ0v) is 10.1. The smallest absolute Gasteiger partial charge is 0.0815 e. The molecule has 0 spiro atoms. The summed E-state index contributed by atoms with van der Waals surface area (Å²) in [5.41, 5.74) is 5.31. The molecule has 0 saturated carbocycles. The molecular formula is C14H17N3. The van der Waals surface area contributed by atoms with Gasteiger partial charge in [-0.15, -0.1) is 0 Å². The van der Waals surface area contributed by atoms with Gasteiger partial charge in [-0.2, -0.15) is 5.10 Å². The lowest BCUT2D eigenvalue weighted by molar-refractivity contribution is 0.747. The van der Waals surface area contributed by atoms with Crippen molar-refractivity contribution >= 4 is 5.69 Å². The third-order valence-electron chi connectivity index (χ3n) is 3.34. The summed E-state index contributed by atoms with van der Waals surface area (Å²) in [5, 5.41) is 7.78. The molecule has 1 aliphatic rings. The number of rotatable bonds is 3. The van der Waals surface area contributed by atoms with Gasteiger partial charge in [0.2, 0.25) is 0 Å². The van der Waals surface area contributed by atoms with Gasteiger partial charge in [-0.25, -0.2) is 0 Å². The minimum absolute atomic E-state index is 0.791. The normalized spacial score (nSPS) is 13.7. The van der Waals surface area contributed by atoms with E-state index in [1.165, 1.54) is 36.1 Å². The van der Waals surface area contributed by atoms with Gasteiger partial charge in [-0.3, -0.25) is 4.68 Å². The van der Waals surface area contributed by atoms with E-state index in [0.717, 1.165) is 12.2 Å². The van der Waals surface area contributed by atoms with Gasteiger partial charge in [0.05, 0.1) is 12.2 Å². The van der Waals surface area contributed by atoms with Crippen LogP contribution in [0.15, 0.2) is 30.5 Å². The Labute approximate surface area is 101 Å². The van der Waals surface area contributed by atoms with Crippen LogP contribution in [-0.4, -0.2) is 9.78 Å². The van der Waals surface area contributed by atoms with Crippen molar-refractivity contribution in [3.63, 3.8) is 0 Å². The molecule has 1 aromatic heterocycles. The third kappa shape index (κ3) is 2.18. The van der Waals surface area contributed by atoms with Gasteiger partial charge in [0.25, 0.3) is 0 Å². The Hall–Kier alpha value is -1.77. The van der Waals surface area contributed by atoms with Crippen molar-refractivity contribution in [3.8, 4) is 0 Å². The van der Waals surface area contributed by atoms with E-state index in [2.05, 4.69) is 28.6 Å². The fraction of sp³-hybridized carbons (Fsp3) is 0.357. The molecule has 17 heavy (non-hydrogen) atoms. The van der Waals surface area contributed by atoms with E-state index in [1.54, 1.807) is 0 Å². The van der Waals surface area contributed by atoms with Crippen molar-refractivity contribution in [1.29, 1.82) is 0 Å². The Kier molecular flexibility index (Phi) is 2.59. The minimum atomic E-state index is 0.791. The number of anilines is 1. The van der Waals surface area contributed by atoms with E-state index in [0.29, 0.717) is 0 Å². The Morgan fingerprint density at radius 2 is 2.12 bits per heavy atom. The van der Waals surface area contributed by atoms with Crippen LogP contribution >= 0.6 is 0 Å². The molecule has 0 amide bonds. The maximum absolute atomic E-state index is 4.35. The van der Waals surface area contributed by atoms with Crippen molar-refractivity contribution in [2.75, 3.05) is 5.32 Å². The van der Waals surface area contributed by atoms with Gasteiger partial charge >= 0.3 is 0 Å². The molecule has 0 atom stereocenters. The molecule has 0 unspecified atom stereocenters. The number of nitrogens with one attached hydrogen (secondary N) is 1. The van der Waals surface area contributed by atoms with Gasteiger partial charge in [0, 0.05) is 18.9 Å². The molecule has 88 valence electrons. The Morgan fingerprint density at radius 1 is 1.24 bits per heavy atom. The lowest BCUT2D eigenvalue weighted by atomic mass is 10.1. The summed E-state index contributed by atoms with van der Waals surface area (Å²) in [6, 6.07) is 8.75. The maximum Gasteiger partial charge on any atom is 0.0815 e. The lowest BCUT2D eigenvalue weighted by Crippen LogP contribution is -2.01. The second kappa shape index (κ2) is 4.24. The van der Waals surface area contributed by atoms with Gasteiger partial charge in [-0.1, -0.05) is 6.07 Å². The van der Waals surface area contributed by atoms with E-state index in [9.17, 15) is 0 Å². The van der Waals surface area contributed by atoms with Gasteiger partial charge in [-0.05, 0) is 48.6 Å². The highest BCUT2D eigenvalue weighted by atomic mass is 15.3. The quantitative estimate of drug-likeness (QED) is 0.873. The molecule has 0 bridgehead atoms. The highest BCUT2D eigenvalue weighted by Crippen LogP contribution is 2.24. The van der Waals surface area contributed by atoms with Crippen LogP contribution in [0.25, 0.3) is 0 Å². The molecule has 3 nitrogen and oxygen atoms in total. The molecule has 0 saturated heterocycles. The highest BCUT2D eigenvalue weighted by molar-refractivity contribution is 5.50. The molecule has 0 radical (unpaired) electrons. The molecular weight excluding hydrogens is 210 g/mol. The average molecular weight is 227 g/mol. The second-order valence-corrected chi connectivity index (χ2v) is 4.67. The Morgan fingerprint density at radius 3 is 2.94 bits per heavy atom. The zero-order valence-electron chi connectivity index (χ0n) is 10.1. The summed E-state index contributed by atoms with van der Waals surface area (Å²) in [6.45, 7) is 0.791. The summed E-state index contributed by atoms with van der Waals surface area (Å²) in [6.07, 6.45) is 5.75. The van der Waals surface area contributed by atoms with Crippen LogP contribution < -0.4 is 5.32 Å². The predicted molar refractivity (Wildman–Crippen MR) is 69.0 cm³/mol. The average Bonchev–Trinajstić information content (AvgIpc) is 2.94. The van der Waals surface area contributed by atoms with E-state index < -0.39 is 0 Å². The zero-order chi connectivity index (χ0) is 11.7. The number of hydrogen-bond donors (Lipinski definition) is 1. The van der Waals surface area contributed by atoms with E-state index >= 15 is 0 Å². The van der Waals surface area contributed by atoms with Crippen molar-refractivity contribution < 1.29 is 0 Å². The lowest BCUT2D eigenvalue weighted by Gasteiger charge is -2.07. The van der Waals surface area contributed by atoms with Crippen LogP contribution in [0.5, 0.6) is 0 Å². The molecule has 0 fully saturated rings. The number of benzene rings is 1. The molecule has 2 aromatic rings. The van der Waals surface area contributed by atoms with Crippen LogP contribution in [0.4, 0.5) is 5.69 Å². The van der Waals surface area contributed by atoms with E-state index in [4.69, 9.17) is 0 Å². The largest absolute Gasteiger partial charge is 0.379 e. The van der Waals surface area contributed by atoms with Crippen LogP contribution in [0, 0.1) is 0 Å². The highest BCUT2D eigenvalue weighted by Gasteiger charge is 2.10. The molecule has 3 heteroatoms. The van der Waals surface area contributed by atoms with Crippen LogP contribution in [0.3, 0.4) is 0 Å². The number of fused-ring (bicyclic) bond motifs is 1. The molecule has 0 aliphatic heterocycles. The topological polar surface area (TPSA) is 29.9 Å². The summed E-state index contributed by atoms with van der Waals surface area (Å²) in [4.78, 5) is 0. The van der Waals surface area contributed by atoms with Crippen molar-refractivity contribution in [2.45, 2.75) is 25.8 Å². The SMILES string of the molecule is Cn1ccc(CNc2ccc3c(c2)CCC3)n1. The van der Waals surface area contributed by atoms with Crippen molar-refractivity contribution in [2.24, 2.45) is 7.05 Å². The van der Waals surface area contributed by atoms with Crippen molar-refractivity contribution in [3.05, 3.63) is 47.3 Å². The molecule has 1 N–H and O–H groups in total. The first kappa shape index (κ1) is 10.4. The van der Waals surface area contributed by atoms with E-state index in [-0.39, 0.29) is 0 Å². The number of nitrogens with zero attached hydrogens (tertiary/aromatic N) is 2. The number of aromatic nitrogens is 2. The Bertz CT molecular complexity index is 528. The van der Waals surface area contributed by atoms with Gasteiger partial charge < -0.3 is 5.32 Å². The molecule has 1 aromatic carbocycles. The molecule has 1 heterocycles. The van der Waals surface area contributed by atoms with Gasteiger partial charge in [0.15, 0.2) is 0 Å². The monoisotopic (exact) mass is 227 g/mol.